The highest BCUT2D eigenvalue weighted by Crippen LogP contribution is 2.39. The Morgan fingerprint density at radius 2 is 2.32 bits per heavy atom. The van der Waals surface area contributed by atoms with E-state index in [0.29, 0.717) is 17.1 Å². The monoisotopic (exact) mass is 327 g/mol. The summed E-state index contributed by atoms with van der Waals surface area (Å²) < 4.78 is 2.10. The largest absolute Gasteiger partial charge is 0.379 e. The van der Waals surface area contributed by atoms with Crippen molar-refractivity contribution in [3.63, 3.8) is 0 Å². The summed E-state index contributed by atoms with van der Waals surface area (Å²) in [6.45, 7) is 7.25. The maximum absolute atomic E-state index is 12.1. The van der Waals surface area contributed by atoms with Gasteiger partial charge in [0.1, 0.15) is 4.47 Å². The van der Waals surface area contributed by atoms with Crippen LogP contribution in [0, 0.1) is 5.41 Å². The van der Waals surface area contributed by atoms with Crippen molar-refractivity contribution in [2.75, 3.05) is 5.32 Å². The highest BCUT2D eigenvalue weighted by molar-refractivity contribution is 9.10. The van der Waals surface area contributed by atoms with Crippen molar-refractivity contribution in [3.8, 4) is 0 Å². The number of hydrogen-bond acceptors (Lipinski definition) is 3. The smallest absolute Gasteiger partial charge is 0.283 e. The Morgan fingerprint density at radius 3 is 2.89 bits per heavy atom. The van der Waals surface area contributed by atoms with E-state index in [4.69, 9.17) is 0 Å². The Morgan fingerprint density at radius 1 is 1.58 bits per heavy atom. The first-order valence-corrected chi connectivity index (χ1v) is 7.77. The molecule has 0 spiro atoms. The molecule has 0 amide bonds. The van der Waals surface area contributed by atoms with Crippen molar-refractivity contribution in [2.45, 2.75) is 59.0 Å². The van der Waals surface area contributed by atoms with Crippen molar-refractivity contribution in [1.29, 1.82) is 0 Å². The van der Waals surface area contributed by atoms with Gasteiger partial charge in [0.25, 0.3) is 5.56 Å². The SMILES string of the molecule is CCCn1ncc(NC2CCCC2(C)C)c(Br)c1=O. The molecule has 106 valence electrons. The fourth-order valence-electron chi connectivity index (χ4n) is 2.72. The van der Waals surface area contributed by atoms with Crippen LogP contribution in [0.3, 0.4) is 0 Å². The fourth-order valence-corrected chi connectivity index (χ4v) is 3.14. The zero-order valence-electron chi connectivity index (χ0n) is 11.9. The zero-order valence-corrected chi connectivity index (χ0v) is 13.5. The number of anilines is 1. The van der Waals surface area contributed by atoms with E-state index in [1.807, 2.05) is 6.92 Å². The van der Waals surface area contributed by atoms with Crippen LogP contribution in [-0.2, 0) is 6.54 Å². The van der Waals surface area contributed by atoms with E-state index in [2.05, 4.69) is 40.2 Å². The van der Waals surface area contributed by atoms with Gasteiger partial charge in [0.2, 0.25) is 0 Å². The van der Waals surface area contributed by atoms with E-state index >= 15 is 0 Å². The summed E-state index contributed by atoms with van der Waals surface area (Å²) in [6.07, 6.45) is 6.28. The summed E-state index contributed by atoms with van der Waals surface area (Å²) in [5, 5.41) is 7.72. The van der Waals surface area contributed by atoms with Gasteiger partial charge in [0.15, 0.2) is 0 Å². The van der Waals surface area contributed by atoms with E-state index in [9.17, 15) is 4.79 Å². The van der Waals surface area contributed by atoms with Gasteiger partial charge in [0, 0.05) is 12.6 Å². The highest BCUT2D eigenvalue weighted by Gasteiger charge is 2.34. The molecule has 0 bridgehead atoms. The number of aromatic nitrogens is 2. The number of hydrogen-bond donors (Lipinski definition) is 1. The van der Waals surface area contributed by atoms with Gasteiger partial charge >= 0.3 is 0 Å². The maximum atomic E-state index is 12.1. The first kappa shape index (κ1) is 14.6. The highest BCUT2D eigenvalue weighted by atomic mass is 79.9. The lowest BCUT2D eigenvalue weighted by molar-refractivity contribution is 0.349. The van der Waals surface area contributed by atoms with Crippen LogP contribution in [0.4, 0.5) is 5.69 Å². The Kier molecular flexibility index (Phi) is 4.33. The summed E-state index contributed by atoms with van der Waals surface area (Å²) in [7, 11) is 0. The molecule has 1 heterocycles. The third kappa shape index (κ3) is 3.02. The summed E-state index contributed by atoms with van der Waals surface area (Å²) in [5.41, 5.74) is 1.04. The molecule has 4 nitrogen and oxygen atoms in total. The minimum Gasteiger partial charge on any atom is -0.379 e. The number of nitrogens with zero attached hydrogens (tertiary/aromatic N) is 2. The molecule has 1 N–H and O–H groups in total. The summed E-state index contributed by atoms with van der Waals surface area (Å²) in [4.78, 5) is 12.1. The third-order valence-corrected chi connectivity index (χ3v) is 4.77. The molecule has 1 aromatic rings. The average molecular weight is 328 g/mol. The third-order valence-electron chi connectivity index (χ3n) is 4.01. The molecule has 0 aliphatic heterocycles. The minimum atomic E-state index is -0.0531. The Balaban J connectivity index is 2.22. The summed E-state index contributed by atoms with van der Waals surface area (Å²) >= 11 is 3.41. The van der Waals surface area contributed by atoms with Crippen LogP contribution in [0.25, 0.3) is 0 Å². The van der Waals surface area contributed by atoms with E-state index in [0.717, 1.165) is 18.5 Å². The molecule has 0 saturated heterocycles. The molecular formula is C14H22BrN3O. The fraction of sp³-hybridized carbons (Fsp3) is 0.714. The molecule has 0 radical (unpaired) electrons. The van der Waals surface area contributed by atoms with Crippen molar-refractivity contribution < 1.29 is 0 Å². The predicted octanol–water partition coefficient (Wildman–Crippen LogP) is 3.41. The summed E-state index contributed by atoms with van der Waals surface area (Å²) in [6, 6.07) is 0.409. The molecule has 1 unspecified atom stereocenters. The lowest BCUT2D eigenvalue weighted by Crippen LogP contribution is -2.32. The van der Waals surface area contributed by atoms with Crippen LogP contribution in [0.15, 0.2) is 15.5 Å². The number of rotatable bonds is 4. The van der Waals surface area contributed by atoms with Crippen LogP contribution >= 0.6 is 15.9 Å². The van der Waals surface area contributed by atoms with Crippen LogP contribution in [-0.4, -0.2) is 15.8 Å². The normalized spacial score (nSPS) is 21.6. The van der Waals surface area contributed by atoms with Gasteiger partial charge in [-0.05, 0) is 40.6 Å². The Hall–Kier alpha value is -0.840. The van der Waals surface area contributed by atoms with Gasteiger partial charge in [-0.1, -0.05) is 27.2 Å². The van der Waals surface area contributed by atoms with Crippen molar-refractivity contribution in [1.82, 2.24) is 9.78 Å². The van der Waals surface area contributed by atoms with Crippen LogP contribution in [0.1, 0.15) is 46.5 Å². The first-order valence-electron chi connectivity index (χ1n) is 6.98. The first-order chi connectivity index (χ1) is 8.95. The molecule has 1 aliphatic carbocycles. The molecule has 19 heavy (non-hydrogen) atoms. The summed E-state index contributed by atoms with van der Waals surface area (Å²) in [5.74, 6) is 0. The van der Waals surface area contributed by atoms with E-state index in [1.165, 1.54) is 17.5 Å². The van der Waals surface area contributed by atoms with Gasteiger partial charge in [-0.25, -0.2) is 4.68 Å². The van der Waals surface area contributed by atoms with Gasteiger partial charge in [0.05, 0.1) is 11.9 Å². The van der Waals surface area contributed by atoms with E-state index in [1.54, 1.807) is 6.20 Å². The number of nitrogens with one attached hydrogen (secondary N) is 1. The van der Waals surface area contributed by atoms with Crippen molar-refractivity contribution in [2.24, 2.45) is 5.41 Å². The lowest BCUT2D eigenvalue weighted by Gasteiger charge is -2.29. The van der Waals surface area contributed by atoms with Gasteiger partial charge in [-0.2, -0.15) is 5.10 Å². The maximum Gasteiger partial charge on any atom is 0.283 e. The topological polar surface area (TPSA) is 46.9 Å². The molecule has 2 rings (SSSR count). The second kappa shape index (κ2) is 5.65. The second-order valence-corrected chi connectivity index (χ2v) is 6.77. The molecular weight excluding hydrogens is 306 g/mol. The van der Waals surface area contributed by atoms with Crippen molar-refractivity contribution in [3.05, 3.63) is 21.0 Å². The zero-order chi connectivity index (χ0) is 14.0. The molecule has 0 aromatic carbocycles. The molecule has 5 heteroatoms. The molecule has 1 atom stereocenters. The predicted molar refractivity (Wildman–Crippen MR) is 81.5 cm³/mol. The van der Waals surface area contributed by atoms with Crippen LogP contribution in [0.2, 0.25) is 0 Å². The molecule has 1 fully saturated rings. The molecule has 1 aliphatic rings. The molecule has 1 aromatic heterocycles. The standard InChI is InChI=1S/C14H22BrN3O/c1-4-8-18-13(19)12(15)10(9-16-18)17-11-6-5-7-14(11,2)3/h9,11,17H,4-8H2,1-3H3. The van der Waals surface area contributed by atoms with E-state index in [-0.39, 0.29) is 11.0 Å². The lowest BCUT2D eigenvalue weighted by atomic mass is 9.87. The van der Waals surface area contributed by atoms with Crippen molar-refractivity contribution >= 4 is 21.6 Å². The Bertz CT molecular complexity index is 510. The second-order valence-electron chi connectivity index (χ2n) is 5.98. The van der Waals surface area contributed by atoms with Crippen LogP contribution < -0.4 is 10.9 Å². The minimum absolute atomic E-state index is 0.0531. The molecule has 1 saturated carbocycles. The number of aryl methyl sites for hydroxylation is 1. The van der Waals surface area contributed by atoms with Gasteiger partial charge in [-0.15, -0.1) is 0 Å². The van der Waals surface area contributed by atoms with Gasteiger partial charge < -0.3 is 5.32 Å². The quantitative estimate of drug-likeness (QED) is 0.921. The van der Waals surface area contributed by atoms with E-state index < -0.39 is 0 Å². The Labute approximate surface area is 122 Å². The number of halogens is 1. The van der Waals surface area contributed by atoms with Crippen LogP contribution in [0.5, 0.6) is 0 Å². The average Bonchev–Trinajstić information content (AvgIpc) is 2.68. The van der Waals surface area contributed by atoms with Gasteiger partial charge in [-0.3, -0.25) is 4.79 Å².